The van der Waals surface area contributed by atoms with Crippen molar-refractivity contribution in [1.82, 2.24) is 14.6 Å². The van der Waals surface area contributed by atoms with Crippen LogP contribution in [0.4, 0.5) is 0 Å². The first-order chi connectivity index (χ1) is 7.58. The van der Waals surface area contributed by atoms with Crippen molar-refractivity contribution in [3.05, 3.63) is 23.5 Å². The summed E-state index contributed by atoms with van der Waals surface area (Å²) in [6.45, 7) is 7.72. The summed E-state index contributed by atoms with van der Waals surface area (Å²) in [5.41, 5.74) is 2.70. The minimum Gasteiger partial charge on any atom is -0.422 e. The third-order valence-corrected chi connectivity index (χ3v) is 2.01. The third-order valence-electron chi connectivity index (χ3n) is 2.01. The molecule has 2 rings (SSSR count). The van der Waals surface area contributed by atoms with Crippen LogP contribution >= 0.6 is 0 Å². The molecule has 0 radical (unpaired) electrons. The van der Waals surface area contributed by atoms with Gasteiger partial charge in [0.15, 0.2) is 5.65 Å². The second-order valence-electron chi connectivity index (χ2n) is 3.28. The summed E-state index contributed by atoms with van der Waals surface area (Å²) < 4.78 is 1.56. The fraction of sp³-hybridized carbons (Fsp3) is 0.400. The predicted octanol–water partition coefficient (Wildman–Crippen LogP) is 0.0521. The van der Waals surface area contributed by atoms with Gasteiger partial charge in [-0.1, -0.05) is 13.8 Å². The Morgan fingerprint density at radius 2 is 1.88 bits per heavy atom. The highest BCUT2D eigenvalue weighted by Crippen LogP contribution is 2.06. The van der Waals surface area contributed by atoms with E-state index in [0.717, 1.165) is 16.9 Å². The zero-order valence-corrected chi connectivity index (χ0v) is 9.97. The van der Waals surface area contributed by atoms with Gasteiger partial charge in [0, 0.05) is 0 Å². The molecule has 0 aliphatic heterocycles. The van der Waals surface area contributed by atoms with Crippen LogP contribution in [0.25, 0.3) is 5.65 Å². The lowest BCUT2D eigenvalue weighted by Crippen LogP contribution is -2.34. The van der Waals surface area contributed by atoms with Crippen LogP contribution in [0.1, 0.15) is 25.1 Å². The molecule has 5 nitrogen and oxygen atoms in total. The maximum atomic E-state index is 8.97. The van der Waals surface area contributed by atoms with Crippen LogP contribution < -0.4 is 5.59 Å². The summed E-state index contributed by atoms with van der Waals surface area (Å²) in [6, 6.07) is 1.62. The van der Waals surface area contributed by atoms with Gasteiger partial charge in [-0.15, -0.1) is 0 Å². The van der Waals surface area contributed by atoms with Crippen molar-refractivity contribution in [2.24, 2.45) is 0 Å². The van der Waals surface area contributed by atoms with Crippen molar-refractivity contribution in [2.45, 2.75) is 27.7 Å². The maximum Gasteiger partial charge on any atom is 0.510 e. The fourth-order valence-electron chi connectivity index (χ4n) is 1.40. The number of aromatic nitrogens is 3. The van der Waals surface area contributed by atoms with Gasteiger partial charge >= 0.3 is 7.12 Å². The average Bonchev–Trinajstić information content (AvgIpc) is 2.62. The second kappa shape index (κ2) is 5.09. The van der Waals surface area contributed by atoms with Gasteiger partial charge in [-0.05, 0) is 25.5 Å². The van der Waals surface area contributed by atoms with Crippen molar-refractivity contribution in [2.75, 3.05) is 0 Å². The van der Waals surface area contributed by atoms with Crippen LogP contribution in [0.2, 0.25) is 0 Å². The third kappa shape index (κ3) is 2.40. The van der Waals surface area contributed by atoms with E-state index >= 15 is 0 Å². The molecule has 2 aromatic heterocycles. The molecule has 0 amide bonds. The van der Waals surface area contributed by atoms with Crippen molar-refractivity contribution in [3.8, 4) is 0 Å². The number of imidazole rings is 1. The molecule has 0 atom stereocenters. The summed E-state index contributed by atoms with van der Waals surface area (Å²) >= 11 is 0. The lowest BCUT2D eigenvalue weighted by Gasteiger charge is -2.01. The Kier molecular flexibility index (Phi) is 4.03. The Hall–Kier alpha value is -1.40. The van der Waals surface area contributed by atoms with Gasteiger partial charge in [0.2, 0.25) is 0 Å². The summed E-state index contributed by atoms with van der Waals surface area (Å²) in [5.74, 6) is 0. The zero-order chi connectivity index (χ0) is 12.3. The molecule has 0 aromatic carbocycles. The minimum atomic E-state index is -1.54. The van der Waals surface area contributed by atoms with E-state index in [1.807, 2.05) is 27.7 Å². The van der Waals surface area contributed by atoms with Gasteiger partial charge in [-0.2, -0.15) is 5.10 Å². The van der Waals surface area contributed by atoms with Crippen LogP contribution in [0.5, 0.6) is 0 Å². The van der Waals surface area contributed by atoms with Crippen molar-refractivity contribution < 1.29 is 10.0 Å². The van der Waals surface area contributed by atoms with Crippen LogP contribution in [0.3, 0.4) is 0 Å². The molecule has 0 saturated carbocycles. The molecule has 0 saturated heterocycles. The van der Waals surface area contributed by atoms with Gasteiger partial charge in [0.25, 0.3) is 0 Å². The molecular formula is C10H16BN3O2. The molecule has 0 unspecified atom stereocenters. The Morgan fingerprint density at radius 1 is 1.25 bits per heavy atom. The molecule has 0 aliphatic rings. The summed E-state index contributed by atoms with van der Waals surface area (Å²) in [6.07, 6.45) is 1.74. The predicted molar refractivity (Wildman–Crippen MR) is 63.6 cm³/mol. The van der Waals surface area contributed by atoms with Gasteiger partial charge in [-0.3, -0.25) is 0 Å². The second-order valence-corrected chi connectivity index (χ2v) is 3.28. The van der Waals surface area contributed by atoms with Crippen LogP contribution in [0.15, 0.2) is 12.3 Å². The first kappa shape index (κ1) is 12.7. The molecule has 16 heavy (non-hydrogen) atoms. The molecule has 86 valence electrons. The first-order valence-corrected chi connectivity index (χ1v) is 5.27. The van der Waals surface area contributed by atoms with E-state index in [4.69, 9.17) is 10.0 Å². The molecule has 6 heteroatoms. The highest BCUT2D eigenvalue weighted by atomic mass is 16.4. The lowest BCUT2D eigenvalue weighted by atomic mass is 9.85. The smallest absolute Gasteiger partial charge is 0.422 e. The molecular weight excluding hydrogens is 205 g/mol. The topological polar surface area (TPSA) is 70.7 Å². The van der Waals surface area contributed by atoms with Crippen molar-refractivity contribution in [1.29, 1.82) is 0 Å². The molecule has 2 N–H and O–H groups in total. The van der Waals surface area contributed by atoms with Gasteiger partial charge in [-0.25, -0.2) is 9.50 Å². The van der Waals surface area contributed by atoms with E-state index in [-0.39, 0.29) is 5.59 Å². The monoisotopic (exact) mass is 221 g/mol. The van der Waals surface area contributed by atoms with E-state index in [2.05, 4.69) is 10.1 Å². The lowest BCUT2D eigenvalue weighted by molar-refractivity contribution is 0.423. The Morgan fingerprint density at radius 3 is 2.44 bits per heavy atom. The van der Waals surface area contributed by atoms with Crippen LogP contribution in [-0.2, 0) is 0 Å². The van der Waals surface area contributed by atoms with Crippen molar-refractivity contribution in [3.63, 3.8) is 0 Å². The highest BCUT2D eigenvalue weighted by molar-refractivity contribution is 6.57. The van der Waals surface area contributed by atoms with Crippen LogP contribution in [-0.4, -0.2) is 31.8 Å². The standard InChI is InChI=1S/C8H10BN3O2.C2H6/c1-5-3-7(9(13)14)11-12-4-6(2)10-8(5)12;1-2/h3-4,13-14H,1-2H3;1-2H3. The normalized spacial score (nSPS) is 9.88. The quantitative estimate of drug-likeness (QED) is 0.667. The Balaban J connectivity index is 0.000000606. The molecule has 2 heterocycles. The van der Waals surface area contributed by atoms with E-state index in [9.17, 15) is 0 Å². The van der Waals surface area contributed by atoms with E-state index in [0.29, 0.717) is 0 Å². The number of nitrogens with zero attached hydrogens (tertiary/aromatic N) is 3. The largest absolute Gasteiger partial charge is 0.510 e. The number of rotatable bonds is 1. The van der Waals surface area contributed by atoms with Crippen molar-refractivity contribution >= 4 is 18.4 Å². The van der Waals surface area contributed by atoms with E-state index in [1.165, 1.54) is 0 Å². The minimum absolute atomic E-state index is 0.229. The number of aryl methyl sites for hydroxylation is 2. The van der Waals surface area contributed by atoms with E-state index in [1.54, 1.807) is 16.8 Å². The average molecular weight is 221 g/mol. The molecule has 0 fully saturated rings. The molecule has 0 aliphatic carbocycles. The Bertz CT molecular complexity index is 482. The van der Waals surface area contributed by atoms with Gasteiger partial charge in [0.05, 0.1) is 17.5 Å². The fourth-order valence-corrected chi connectivity index (χ4v) is 1.40. The summed E-state index contributed by atoms with van der Waals surface area (Å²) in [7, 11) is -1.54. The van der Waals surface area contributed by atoms with Gasteiger partial charge < -0.3 is 10.0 Å². The Labute approximate surface area is 94.9 Å². The first-order valence-electron chi connectivity index (χ1n) is 5.27. The van der Waals surface area contributed by atoms with Crippen LogP contribution in [0, 0.1) is 13.8 Å². The number of fused-ring (bicyclic) bond motifs is 1. The zero-order valence-electron chi connectivity index (χ0n) is 9.97. The number of hydrogen-bond donors (Lipinski definition) is 2. The maximum absolute atomic E-state index is 8.97. The van der Waals surface area contributed by atoms with Gasteiger partial charge in [0.1, 0.15) is 0 Å². The molecule has 0 bridgehead atoms. The molecule has 0 spiro atoms. The molecule has 2 aromatic rings. The summed E-state index contributed by atoms with van der Waals surface area (Å²) in [5, 5.41) is 22.0. The highest BCUT2D eigenvalue weighted by Gasteiger charge is 2.15. The SMILES string of the molecule is CC.Cc1cn2nc(B(O)O)cc(C)c2n1. The van der Waals surface area contributed by atoms with E-state index < -0.39 is 7.12 Å². The number of hydrogen-bond acceptors (Lipinski definition) is 4. The summed E-state index contributed by atoms with van der Waals surface area (Å²) in [4.78, 5) is 4.25.